The first-order chi connectivity index (χ1) is 11.9. The Morgan fingerprint density at radius 3 is 2.84 bits per heavy atom. The fraction of sp³-hybridized carbons (Fsp3) is 0.500. The van der Waals surface area contributed by atoms with Gasteiger partial charge in [0, 0.05) is 44.0 Å². The molecule has 0 unspecified atom stereocenters. The largest absolute Gasteiger partial charge is 0.465 e. The highest BCUT2D eigenvalue weighted by Crippen LogP contribution is 2.35. The Morgan fingerprint density at radius 2 is 2.16 bits per heavy atom. The third-order valence-electron chi connectivity index (χ3n) is 4.83. The summed E-state index contributed by atoms with van der Waals surface area (Å²) in [5.74, 6) is 1.19. The molecule has 1 saturated heterocycles. The van der Waals surface area contributed by atoms with Gasteiger partial charge in [0.05, 0.1) is 0 Å². The molecule has 134 valence electrons. The average molecular weight is 363 g/mol. The molecule has 3 rings (SSSR count). The molecule has 1 aliphatic heterocycles. The van der Waals surface area contributed by atoms with Gasteiger partial charge in [0.2, 0.25) is 0 Å². The van der Waals surface area contributed by atoms with E-state index in [-0.39, 0.29) is 6.04 Å². The van der Waals surface area contributed by atoms with Crippen molar-refractivity contribution in [3.8, 4) is 0 Å². The highest BCUT2D eigenvalue weighted by Gasteiger charge is 2.29. The Labute approximate surface area is 152 Å². The summed E-state index contributed by atoms with van der Waals surface area (Å²) in [7, 11) is 1.60. The topological polar surface area (TPSA) is 69.6 Å². The van der Waals surface area contributed by atoms with Crippen LogP contribution < -0.4 is 4.90 Å². The van der Waals surface area contributed by atoms with Crippen LogP contribution in [0.5, 0.6) is 0 Å². The highest BCUT2D eigenvalue weighted by atomic mass is 35.5. The Kier molecular flexibility index (Phi) is 4.99. The summed E-state index contributed by atoms with van der Waals surface area (Å²) in [4.78, 5) is 23.7. The number of hydrogen-bond donors (Lipinski definition) is 1. The molecule has 0 spiro atoms. The summed E-state index contributed by atoms with van der Waals surface area (Å²) in [5, 5.41) is 11.7. The maximum absolute atomic E-state index is 11.2. The monoisotopic (exact) mass is 362 g/mol. The molecule has 1 fully saturated rings. The van der Waals surface area contributed by atoms with Gasteiger partial charge < -0.3 is 14.9 Å². The zero-order valence-corrected chi connectivity index (χ0v) is 15.5. The zero-order valence-electron chi connectivity index (χ0n) is 14.7. The summed E-state index contributed by atoms with van der Waals surface area (Å²) in [6.45, 7) is 5.59. The van der Waals surface area contributed by atoms with E-state index in [0.717, 1.165) is 41.5 Å². The second-order valence-corrected chi connectivity index (χ2v) is 7.28. The van der Waals surface area contributed by atoms with Crippen molar-refractivity contribution < 1.29 is 9.90 Å². The Hall–Kier alpha value is -2.08. The van der Waals surface area contributed by atoms with Crippen molar-refractivity contribution in [3.63, 3.8) is 0 Å². The molecule has 2 aromatic heterocycles. The predicted octanol–water partition coefficient (Wildman–Crippen LogP) is 3.99. The third kappa shape index (κ3) is 3.49. The number of likely N-dealkylation sites (N-methyl/N-ethyl adjacent to an activating group) is 1. The SMILES string of the molecule is CC(C)c1cnc(N2CCC[C@H]2CN(C)C(=O)O)c2cnc(Cl)cc12. The summed E-state index contributed by atoms with van der Waals surface area (Å²) >= 11 is 6.12. The molecule has 0 bridgehead atoms. The molecule has 3 heterocycles. The summed E-state index contributed by atoms with van der Waals surface area (Å²) in [5.41, 5.74) is 1.14. The van der Waals surface area contributed by atoms with E-state index < -0.39 is 6.09 Å². The van der Waals surface area contributed by atoms with E-state index in [4.69, 9.17) is 21.7 Å². The van der Waals surface area contributed by atoms with Crippen molar-refractivity contribution >= 4 is 34.3 Å². The second kappa shape index (κ2) is 7.04. The first-order valence-electron chi connectivity index (χ1n) is 8.53. The molecule has 1 aliphatic rings. The molecular weight excluding hydrogens is 340 g/mol. The molecule has 2 aromatic rings. The van der Waals surface area contributed by atoms with Crippen LogP contribution in [0.2, 0.25) is 5.15 Å². The molecule has 0 saturated carbocycles. The van der Waals surface area contributed by atoms with E-state index >= 15 is 0 Å². The van der Waals surface area contributed by atoms with Crippen LogP contribution in [0, 0.1) is 0 Å². The summed E-state index contributed by atoms with van der Waals surface area (Å²) < 4.78 is 0. The molecule has 0 radical (unpaired) electrons. The lowest BCUT2D eigenvalue weighted by atomic mass is 9.99. The van der Waals surface area contributed by atoms with Gasteiger partial charge in [-0.05, 0) is 35.8 Å². The van der Waals surface area contributed by atoms with Crippen molar-refractivity contribution in [2.75, 3.05) is 25.0 Å². The van der Waals surface area contributed by atoms with Crippen molar-refractivity contribution in [2.45, 2.75) is 38.6 Å². The van der Waals surface area contributed by atoms with Crippen molar-refractivity contribution in [2.24, 2.45) is 0 Å². The van der Waals surface area contributed by atoms with E-state index in [2.05, 4.69) is 23.7 Å². The smallest absolute Gasteiger partial charge is 0.407 e. The normalized spacial score (nSPS) is 17.5. The van der Waals surface area contributed by atoms with E-state index in [9.17, 15) is 4.79 Å². The lowest BCUT2D eigenvalue weighted by molar-refractivity contribution is 0.153. The fourth-order valence-corrected chi connectivity index (χ4v) is 3.66. The van der Waals surface area contributed by atoms with Gasteiger partial charge >= 0.3 is 6.09 Å². The van der Waals surface area contributed by atoms with Crippen LogP contribution in [-0.4, -0.2) is 52.2 Å². The number of amides is 1. The van der Waals surface area contributed by atoms with Crippen molar-refractivity contribution in [1.29, 1.82) is 0 Å². The maximum atomic E-state index is 11.2. The molecule has 0 aromatic carbocycles. The molecule has 1 amide bonds. The average Bonchev–Trinajstić information content (AvgIpc) is 3.01. The van der Waals surface area contributed by atoms with Crippen molar-refractivity contribution in [3.05, 3.63) is 29.2 Å². The molecule has 1 atom stereocenters. The number of aromatic nitrogens is 2. The van der Waals surface area contributed by atoms with E-state index in [1.165, 1.54) is 4.90 Å². The number of pyridine rings is 2. The van der Waals surface area contributed by atoms with Gasteiger partial charge in [0.15, 0.2) is 0 Å². The quantitative estimate of drug-likeness (QED) is 0.833. The van der Waals surface area contributed by atoms with Gasteiger partial charge in [-0.1, -0.05) is 25.4 Å². The van der Waals surface area contributed by atoms with Crippen LogP contribution in [0.1, 0.15) is 38.2 Å². The molecule has 25 heavy (non-hydrogen) atoms. The lowest BCUT2D eigenvalue weighted by Crippen LogP contribution is -2.41. The van der Waals surface area contributed by atoms with E-state index in [1.54, 1.807) is 13.2 Å². The van der Waals surface area contributed by atoms with Crippen LogP contribution in [0.15, 0.2) is 18.5 Å². The summed E-state index contributed by atoms with van der Waals surface area (Å²) in [6.07, 6.45) is 4.76. The van der Waals surface area contributed by atoms with Gasteiger partial charge in [0.1, 0.15) is 11.0 Å². The van der Waals surface area contributed by atoms with Crippen LogP contribution >= 0.6 is 11.6 Å². The summed E-state index contributed by atoms with van der Waals surface area (Å²) in [6, 6.07) is 2.02. The minimum Gasteiger partial charge on any atom is -0.465 e. The number of anilines is 1. The number of halogens is 1. The van der Waals surface area contributed by atoms with Gasteiger partial charge in [-0.15, -0.1) is 0 Å². The Balaban J connectivity index is 2.03. The molecule has 6 nitrogen and oxygen atoms in total. The second-order valence-electron chi connectivity index (χ2n) is 6.90. The fourth-order valence-electron chi connectivity index (χ4n) is 3.50. The minimum atomic E-state index is -0.909. The minimum absolute atomic E-state index is 0.123. The third-order valence-corrected chi connectivity index (χ3v) is 5.04. The molecule has 1 N–H and O–H groups in total. The van der Waals surface area contributed by atoms with Crippen molar-refractivity contribution in [1.82, 2.24) is 14.9 Å². The van der Waals surface area contributed by atoms with Crippen LogP contribution in [0.4, 0.5) is 10.6 Å². The van der Waals surface area contributed by atoms with E-state index in [1.807, 2.05) is 12.3 Å². The van der Waals surface area contributed by atoms with Crippen LogP contribution in [0.3, 0.4) is 0 Å². The Bertz CT molecular complexity index is 796. The predicted molar refractivity (Wildman–Crippen MR) is 99.7 cm³/mol. The number of nitrogens with zero attached hydrogens (tertiary/aromatic N) is 4. The zero-order chi connectivity index (χ0) is 18.1. The maximum Gasteiger partial charge on any atom is 0.407 e. The van der Waals surface area contributed by atoms with Gasteiger partial charge in [0.25, 0.3) is 0 Å². The van der Waals surface area contributed by atoms with Crippen LogP contribution in [-0.2, 0) is 0 Å². The molecule has 7 heteroatoms. The van der Waals surface area contributed by atoms with Gasteiger partial charge in [-0.2, -0.15) is 0 Å². The Morgan fingerprint density at radius 1 is 1.40 bits per heavy atom. The highest BCUT2D eigenvalue weighted by molar-refractivity contribution is 6.30. The number of hydrogen-bond acceptors (Lipinski definition) is 4. The molecular formula is C18H23ClN4O2. The lowest BCUT2D eigenvalue weighted by Gasteiger charge is -2.29. The number of carbonyl (C=O) groups is 1. The van der Waals surface area contributed by atoms with E-state index in [0.29, 0.717) is 17.6 Å². The first kappa shape index (κ1) is 17.7. The standard InChI is InChI=1S/C18H23ClN4O2/c1-11(2)14-8-21-17(15-9-20-16(19)7-13(14)15)23-6-4-5-12(23)10-22(3)18(24)25/h7-9,11-12H,4-6,10H2,1-3H3,(H,24,25)/t12-/m0/s1. The molecule has 0 aliphatic carbocycles. The van der Waals surface area contributed by atoms with Gasteiger partial charge in [-0.3, -0.25) is 0 Å². The first-order valence-corrected chi connectivity index (χ1v) is 8.91. The number of rotatable bonds is 4. The van der Waals surface area contributed by atoms with Crippen LogP contribution in [0.25, 0.3) is 10.8 Å². The number of fused-ring (bicyclic) bond motifs is 1. The number of carboxylic acid groups (broad SMARTS) is 1. The van der Waals surface area contributed by atoms with Gasteiger partial charge in [-0.25, -0.2) is 14.8 Å².